The Kier molecular flexibility index (Phi) is 6.77. The van der Waals surface area contributed by atoms with Crippen molar-refractivity contribution in [3.8, 4) is 5.75 Å². The summed E-state index contributed by atoms with van der Waals surface area (Å²) < 4.78 is 35.2. The molecule has 0 saturated heterocycles. The predicted octanol–water partition coefficient (Wildman–Crippen LogP) is 3.53. The Bertz CT molecular complexity index is 1250. The maximum Gasteiger partial charge on any atom is 0.251 e. The van der Waals surface area contributed by atoms with Crippen molar-refractivity contribution in [1.82, 2.24) is 20.0 Å². The molecular weight excluding hydrogens is 452 g/mol. The first-order valence-electron chi connectivity index (χ1n) is 11.4. The number of rotatable bonds is 8. The fourth-order valence-electron chi connectivity index (χ4n) is 4.09. The Morgan fingerprint density at radius 3 is 2.65 bits per heavy atom. The van der Waals surface area contributed by atoms with Gasteiger partial charge in [0.05, 0.1) is 17.3 Å². The second-order valence-corrected chi connectivity index (χ2v) is 10.8. The van der Waals surface area contributed by atoms with Crippen LogP contribution in [-0.2, 0) is 22.9 Å². The number of H-pyrrole nitrogens is 1. The van der Waals surface area contributed by atoms with Gasteiger partial charge in [-0.15, -0.1) is 0 Å². The first-order chi connectivity index (χ1) is 16.2. The number of nitrogens with one attached hydrogen (secondary N) is 3. The third-order valence-corrected chi connectivity index (χ3v) is 7.39. The van der Waals surface area contributed by atoms with Crippen LogP contribution in [0, 0.1) is 0 Å². The highest BCUT2D eigenvalue weighted by Crippen LogP contribution is 2.40. The fraction of sp³-hybridized carbons (Fsp3) is 0.360. The van der Waals surface area contributed by atoms with Gasteiger partial charge in [0.15, 0.2) is 0 Å². The summed E-state index contributed by atoms with van der Waals surface area (Å²) in [4.78, 5) is 19.9. The van der Waals surface area contributed by atoms with E-state index in [0.29, 0.717) is 36.3 Å². The molecule has 0 fully saturated rings. The Hall–Kier alpha value is -3.17. The average Bonchev–Trinajstić information content (AvgIpc) is 3.31. The summed E-state index contributed by atoms with van der Waals surface area (Å²) >= 11 is 0. The van der Waals surface area contributed by atoms with Crippen LogP contribution in [0.4, 0.5) is 0 Å². The molecule has 0 bridgehead atoms. The molecule has 1 atom stereocenters. The van der Waals surface area contributed by atoms with Crippen molar-refractivity contribution in [1.29, 1.82) is 0 Å². The second-order valence-electron chi connectivity index (χ2n) is 9.07. The van der Waals surface area contributed by atoms with Gasteiger partial charge < -0.3 is 15.0 Å². The van der Waals surface area contributed by atoms with E-state index in [0.717, 1.165) is 17.7 Å². The van der Waals surface area contributed by atoms with E-state index in [1.165, 1.54) is 0 Å². The molecule has 0 saturated carbocycles. The number of aryl methyl sites for hydroxylation is 1. The monoisotopic (exact) mass is 482 g/mol. The van der Waals surface area contributed by atoms with Crippen LogP contribution in [0.15, 0.2) is 59.9 Å². The predicted molar refractivity (Wildman–Crippen MR) is 129 cm³/mol. The summed E-state index contributed by atoms with van der Waals surface area (Å²) in [6, 6.07) is 11.5. The standard InChI is InChI=1S/C25H30N4O4S/c1-4-17-5-8-20(9-6-17)34(31,32)29-22-14-25(2,3)33-23-10-7-18(13-21(22)23)24(30)27-12-11-19-15-26-16-28-19/h5-10,13,15-16,22,29H,4,11-12,14H2,1-3H3,(H,26,28)(H,27,30)/t22-/m0/s1. The van der Waals surface area contributed by atoms with Crippen LogP contribution < -0.4 is 14.8 Å². The quantitative estimate of drug-likeness (QED) is 0.455. The highest BCUT2D eigenvalue weighted by atomic mass is 32.2. The van der Waals surface area contributed by atoms with E-state index in [9.17, 15) is 13.2 Å². The van der Waals surface area contributed by atoms with Crippen molar-refractivity contribution in [3.63, 3.8) is 0 Å². The first kappa shape index (κ1) is 24.0. The smallest absolute Gasteiger partial charge is 0.251 e. The maximum atomic E-state index is 13.2. The first-order valence-corrected chi connectivity index (χ1v) is 12.8. The Morgan fingerprint density at radius 2 is 1.97 bits per heavy atom. The topological polar surface area (TPSA) is 113 Å². The van der Waals surface area contributed by atoms with Gasteiger partial charge in [-0.2, -0.15) is 0 Å². The van der Waals surface area contributed by atoms with Crippen LogP contribution in [0.25, 0.3) is 0 Å². The average molecular weight is 483 g/mol. The molecule has 2 heterocycles. The van der Waals surface area contributed by atoms with Gasteiger partial charge in [0.1, 0.15) is 11.4 Å². The molecule has 8 nitrogen and oxygen atoms in total. The van der Waals surface area contributed by atoms with Crippen LogP contribution in [0.1, 0.15) is 60.4 Å². The van der Waals surface area contributed by atoms with Gasteiger partial charge in [-0.05, 0) is 56.2 Å². The summed E-state index contributed by atoms with van der Waals surface area (Å²) in [5, 5.41) is 2.89. The third kappa shape index (κ3) is 5.48. The van der Waals surface area contributed by atoms with Crippen LogP contribution in [0.5, 0.6) is 5.75 Å². The Morgan fingerprint density at radius 1 is 1.21 bits per heavy atom. The van der Waals surface area contributed by atoms with Crippen LogP contribution >= 0.6 is 0 Å². The zero-order chi connectivity index (χ0) is 24.3. The molecule has 1 aliphatic heterocycles. The molecule has 1 aliphatic rings. The highest BCUT2D eigenvalue weighted by Gasteiger charge is 2.36. The zero-order valence-electron chi connectivity index (χ0n) is 19.6. The number of aromatic nitrogens is 2. The summed E-state index contributed by atoms with van der Waals surface area (Å²) in [6.45, 7) is 6.31. The number of hydrogen-bond donors (Lipinski definition) is 3. The molecule has 180 valence electrons. The van der Waals surface area contributed by atoms with E-state index in [1.54, 1.807) is 42.9 Å². The normalized spacial score (nSPS) is 17.0. The van der Waals surface area contributed by atoms with Gasteiger partial charge in [-0.3, -0.25) is 4.79 Å². The van der Waals surface area contributed by atoms with Crippen molar-refractivity contribution in [2.24, 2.45) is 0 Å². The lowest BCUT2D eigenvalue weighted by molar-refractivity contribution is 0.0701. The van der Waals surface area contributed by atoms with Crippen LogP contribution in [-0.4, -0.2) is 36.4 Å². The number of sulfonamides is 1. The molecule has 1 amide bonds. The lowest BCUT2D eigenvalue weighted by atomic mass is 9.89. The van der Waals surface area contributed by atoms with Crippen LogP contribution in [0.2, 0.25) is 0 Å². The molecule has 4 rings (SSSR count). The number of ether oxygens (including phenoxy) is 1. The minimum absolute atomic E-state index is 0.211. The maximum absolute atomic E-state index is 13.2. The lowest BCUT2D eigenvalue weighted by Crippen LogP contribution is -2.41. The number of carbonyl (C=O) groups is 1. The van der Waals surface area contributed by atoms with Crippen molar-refractivity contribution in [2.45, 2.75) is 56.6 Å². The molecule has 34 heavy (non-hydrogen) atoms. The number of hydrogen-bond acceptors (Lipinski definition) is 5. The summed E-state index contributed by atoms with van der Waals surface area (Å²) in [7, 11) is -3.77. The van der Waals surface area contributed by atoms with Gasteiger partial charge in [0.2, 0.25) is 10.0 Å². The Labute approximate surface area is 200 Å². The zero-order valence-corrected chi connectivity index (χ0v) is 20.4. The van der Waals surface area contributed by atoms with E-state index in [2.05, 4.69) is 20.0 Å². The number of carbonyl (C=O) groups excluding carboxylic acids is 1. The fourth-order valence-corrected chi connectivity index (χ4v) is 5.31. The molecule has 0 unspecified atom stereocenters. The van der Waals surface area contributed by atoms with Gasteiger partial charge in [0, 0.05) is 42.4 Å². The van der Waals surface area contributed by atoms with Crippen molar-refractivity contribution < 1.29 is 17.9 Å². The number of aromatic amines is 1. The molecule has 0 radical (unpaired) electrons. The van der Waals surface area contributed by atoms with Gasteiger partial charge in [0.25, 0.3) is 5.91 Å². The van der Waals surface area contributed by atoms with Gasteiger partial charge in [-0.25, -0.2) is 18.1 Å². The van der Waals surface area contributed by atoms with Crippen molar-refractivity contribution >= 4 is 15.9 Å². The molecule has 2 aromatic carbocycles. The molecule has 3 aromatic rings. The molecule has 0 spiro atoms. The third-order valence-electron chi connectivity index (χ3n) is 5.90. The number of imidazole rings is 1. The van der Waals surface area contributed by atoms with E-state index < -0.39 is 21.7 Å². The minimum Gasteiger partial charge on any atom is -0.487 e. The number of benzene rings is 2. The van der Waals surface area contributed by atoms with Crippen LogP contribution in [0.3, 0.4) is 0 Å². The molecule has 3 N–H and O–H groups in total. The molecule has 9 heteroatoms. The van der Waals surface area contributed by atoms with E-state index >= 15 is 0 Å². The number of fused-ring (bicyclic) bond motifs is 1. The second kappa shape index (κ2) is 9.60. The Balaban J connectivity index is 1.55. The van der Waals surface area contributed by atoms with E-state index in [4.69, 9.17) is 4.74 Å². The van der Waals surface area contributed by atoms with Crippen molar-refractivity contribution in [3.05, 3.63) is 77.4 Å². The van der Waals surface area contributed by atoms with E-state index in [-0.39, 0.29) is 10.8 Å². The summed E-state index contributed by atoms with van der Waals surface area (Å²) in [5.74, 6) is 0.336. The van der Waals surface area contributed by atoms with Gasteiger partial charge >= 0.3 is 0 Å². The van der Waals surface area contributed by atoms with Gasteiger partial charge in [-0.1, -0.05) is 19.1 Å². The summed E-state index contributed by atoms with van der Waals surface area (Å²) in [5.41, 5.74) is 2.53. The van der Waals surface area contributed by atoms with Crippen molar-refractivity contribution in [2.75, 3.05) is 6.54 Å². The minimum atomic E-state index is -3.77. The SMILES string of the molecule is CCc1ccc(S(=O)(=O)N[C@H]2CC(C)(C)Oc3ccc(C(=O)NCCc4cnc[nH]4)cc32)cc1. The summed E-state index contributed by atoms with van der Waals surface area (Å²) in [6.07, 6.45) is 5.21. The molecule has 1 aromatic heterocycles. The van der Waals surface area contributed by atoms with E-state index in [1.807, 2.05) is 32.9 Å². The highest BCUT2D eigenvalue weighted by molar-refractivity contribution is 7.89. The number of nitrogens with zero attached hydrogens (tertiary/aromatic N) is 1. The number of amides is 1. The largest absolute Gasteiger partial charge is 0.487 e. The molecule has 0 aliphatic carbocycles. The molecular formula is C25H30N4O4S. The lowest BCUT2D eigenvalue weighted by Gasteiger charge is -2.38.